The summed E-state index contributed by atoms with van der Waals surface area (Å²) < 4.78 is 0. The first-order valence-corrected chi connectivity index (χ1v) is 9.64. The van der Waals surface area contributed by atoms with Crippen molar-refractivity contribution >= 4 is 41.3 Å². The lowest BCUT2D eigenvalue weighted by molar-refractivity contribution is 0.236. The van der Waals surface area contributed by atoms with E-state index in [-0.39, 0.29) is 24.0 Å². The summed E-state index contributed by atoms with van der Waals surface area (Å²) >= 11 is 1.74. The smallest absolute Gasteiger partial charge is 0.191 e. The van der Waals surface area contributed by atoms with Crippen molar-refractivity contribution in [3.05, 3.63) is 15.6 Å². The zero-order valence-corrected chi connectivity index (χ0v) is 18.5. The van der Waals surface area contributed by atoms with Crippen molar-refractivity contribution in [2.75, 3.05) is 26.2 Å². The molecule has 24 heavy (non-hydrogen) atoms. The molecule has 0 bridgehead atoms. The first-order chi connectivity index (χ1) is 11.1. The summed E-state index contributed by atoms with van der Waals surface area (Å²) in [6, 6.07) is 0.603. The molecule has 0 saturated carbocycles. The van der Waals surface area contributed by atoms with Crippen molar-refractivity contribution in [1.29, 1.82) is 0 Å². The second-order valence-corrected chi connectivity index (χ2v) is 7.42. The van der Waals surface area contributed by atoms with E-state index in [1.807, 2.05) is 0 Å². The number of hydrogen-bond donors (Lipinski definition) is 2. The molecule has 1 fully saturated rings. The number of likely N-dealkylation sites (tertiary alicyclic amines) is 1. The molecule has 7 heteroatoms. The third-order valence-corrected chi connectivity index (χ3v) is 5.48. The normalized spacial score (nSPS) is 16.8. The van der Waals surface area contributed by atoms with Gasteiger partial charge in [0.1, 0.15) is 5.01 Å². The van der Waals surface area contributed by atoms with Crippen molar-refractivity contribution in [3.8, 4) is 0 Å². The predicted octanol–water partition coefficient (Wildman–Crippen LogP) is 3.31. The molecule has 0 aliphatic carbocycles. The van der Waals surface area contributed by atoms with Gasteiger partial charge in [0.2, 0.25) is 0 Å². The third kappa shape index (κ3) is 6.48. The van der Waals surface area contributed by atoms with Crippen LogP contribution in [0.4, 0.5) is 0 Å². The number of aryl methyl sites for hydroxylation is 2. The Kier molecular flexibility index (Phi) is 10.1. The summed E-state index contributed by atoms with van der Waals surface area (Å²) in [5.74, 6) is 0.899. The van der Waals surface area contributed by atoms with Crippen LogP contribution in [0.5, 0.6) is 0 Å². The first kappa shape index (κ1) is 21.6. The van der Waals surface area contributed by atoms with Crippen LogP contribution in [0.3, 0.4) is 0 Å². The van der Waals surface area contributed by atoms with E-state index >= 15 is 0 Å². The van der Waals surface area contributed by atoms with Crippen LogP contribution in [-0.2, 0) is 6.54 Å². The molecule has 1 atom stereocenters. The van der Waals surface area contributed by atoms with Gasteiger partial charge in [-0.1, -0.05) is 6.92 Å². The lowest BCUT2D eigenvalue weighted by Gasteiger charge is -2.27. The number of halogens is 1. The lowest BCUT2D eigenvalue weighted by Crippen LogP contribution is -2.46. The molecule has 1 aliphatic heterocycles. The highest BCUT2D eigenvalue weighted by molar-refractivity contribution is 14.0. The van der Waals surface area contributed by atoms with Gasteiger partial charge in [-0.25, -0.2) is 9.98 Å². The largest absolute Gasteiger partial charge is 0.357 e. The van der Waals surface area contributed by atoms with Crippen molar-refractivity contribution in [3.63, 3.8) is 0 Å². The SMILES string of the molecule is CCNC(=NCc1nc(C)c(C)s1)NCC(CC)N1CCCC1.I. The number of aliphatic imine (C=N–C) groups is 1. The standard InChI is InChI=1S/C17H31N5S.HI/c1-5-15(22-9-7-8-10-22)11-19-17(18-6-2)20-12-16-21-13(3)14(4)23-16;/h15H,5-12H2,1-4H3,(H2,18,19,20);1H. The maximum Gasteiger partial charge on any atom is 0.191 e. The summed E-state index contributed by atoms with van der Waals surface area (Å²) in [6.07, 6.45) is 3.86. The van der Waals surface area contributed by atoms with Gasteiger partial charge in [-0.15, -0.1) is 35.3 Å². The number of thiazole rings is 1. The highest BCUT2D eigenvalue weighted by Gasteiger charge is 2.20. The highest BCUT2D eigenvalue weighted by atomic mass is 127. The molecule has 1 saturated heterocycles. The van der Waals surface area contributed by atoms with Crippen molar-refractivity contribution in [2.24, 2.45) is 4.99 Å². The van der Waals surface area contributed by atoms with Crippen molar-refractivity contribution in [1.82, 2.24) is 20.5 Å². The van der Waals surface area contributed by atoms with Crippen LogP contribution in [0.15, 0.2) is 4.99 Å². The minimum atomic E-state index is 0. The summed E-state index contributed by atoms with van der Waals surface area (Å²) in [7, 11) is 0. The first-order valence-electron chi connectivity index (χ1n) is 8.83. The predicted molar refractivity (Wildman–Crippen MR) is 115 cm³/mol. The van der Waals surface area contributed by atoms with E-state index in [0.29, 0.717) is 12.6 Å². The van der Waals surface area contributed by atoms with Crippen LogP contribution in [-0.4, -0.2) is 48.1 Å². The molecule has 0 amide bonds. The molecule has 1 aromatic heterocycles. The van der Waals surface area contributed by atoms with Gasteiger partial charge in [0.05, 0.1) is 12.2 Å². The highest BCUT2D eigenvalue weighted by Crippen LogP contribution is 2.17. The minimum Gasteiger partial charge on any atom is -0.357 e. The Labute approximate surface area is 167 Å². The molecule has 2 N–H and O–H groups in total. The Morgan fingerprint density at radius 2 is 1.96 bits per heavy atom. The molecule has 0 aromatic carbocycles. The molecule has 138 valence electrons. The summed E-state index contributed by atoms with van der Waals surface area (Å²) in [4.78, 5) is 13.1. The maximum absolute atomic E-state index is 4.69. The van der Waals surface area contributed by atoms with Crippen LogP contribution in [0.25, 0.3) is 0 Å². The van der Waals surface area contributed by atoms with Gasteiger partial charge in [0.15, 0.2) is 5.96 Å². The fourth-order valence-corrected chi connectivity index (χ4v) is 3.81. The number of rotatable bonds is 7. The summed E-state index contributed by atoms with van der Waals surface area (Å²) in [6.45, 7) is 13.5. The Balaban J connectivity index is 0.00000288. The van der Waals surface area contributed by atoms with Crippen LogP contribution in [0.2, 0.25) is 0 Å². The van der Waals surface area contributed by atoms with Gasteiger partial charge in [-0.2, -0.15) is 0 Å². The fraction of sp³-hybridized carbons (Fsp3) is 0.765. The number of nitrogens with zero attached hydrogens (tertiary/aromatic N) is 3. The molecule has 0 spiro atoms. The lowest BCUT2D eigenvalue weighted by atomic mass is 10.2. The number of guanidine groups is 1. The zero-order valence-electron chi connectivity index (χ0n) is 15.4. The fourth-order valence-electron chi connectivity index (χ4n) is 2.95. The second-order valence-electron chi connectivity index (χ2n) is 6.13. The van der Waals surface area contributed by atoms with Gasteiger partial charge >= 0.3 is 0 Å². The van der Waals surface area contributed by atoms with E-state index in [4.69, 9.17) is 4.99 Å². The molecule has 2 rings (SSSR count). The second kappa shape index (κ2) is 11.3. The Morgan fingerprint density at radius 1 is 1.25 bits per heavy atom. The van der Waals surface area contributed by atoms with E-state index in [1.54, 1.807) is 11.3 Å². The molecule has 1 aromatic rings. The van der Waals surface area contributed by atoms with Crippen molar-refractivity contribution < 1.29 is 0 Å². The molecule has 5 nitrogen and oxygen atoms in total. The van der Waals surface area contributed by atoms with Crippen LogP contribution in [0.1, 0.15) is 48.7 Å². The van der Waals surface area contributed by atoms with E-state index < -0.39 is 0 Å². The Hall–Kier alpha value is -0.410. The summed E-state index contributed by atoms with van der Waals surface area (Å²) in [5, 5.41) is 7.94. The van der Waals surface area contributed by atoms with Gasteiger partial charge in [0, 0.05) is 24.0 Å². The number of hydrogen-bond acceptors (Lipinski definition) is 4. The van der Waals surface area contributed by atoms with Gasteiger partial charge in [-0.3, -0.25) is 4.90 Å². The van der Waals surface area contributed by atoms with Crippen LogP contribution < -0.4 is 10.6 Å². The molecule has 1 aliphatic rings. The average Bonchev–Trinajstić information content (AvgIpc) is 3.16. The van der Waals surface area contributed by atoms with Crippen LogP contribution >= 0.6 is 35.3 Å². The Bertz CT molecular complexity index is 492. The molecule has 1 unspecified atom stereocenters. The summed E-state index contributed by atoms with van der Waals surface area (Å²) in [5.41, 5.74) is 1.12. The van der Waals surface area contributed by atoms with Gasteiger partial charge < -0.3 is 10.6 Å². The quantitative estimate of drug-likeness (QED) is 0.369. The third-order valence-electron chi connectivity index (χ3n) is 4.42. The zero-order chi connectivity index (χ0) is 16.7. The monoisotopic (exact) mass is 465 g/mol. The molecule has 0 radical (unpaired) electrons. The van der Waals surface area contributed by atoms with E-state index in [0.717, 1.165) is 29.8 Å². The van der Waals surface area contributed by atoms with E-state index in [1.165, 1.54) is 37.2 Å². The number of aromatic nitrogens is 1. The average molecular weight is 465 g/mol. The van der Waals surface area contributed by atoms with Gasteiger partial charge in [-0.05, 0) is 53.1 Å². The van der Waals surface area contributed by atoms with Crippen molar-refractivity contribution in [2.45, 2.75) is 59.5 Å². The topological polar surface area (TPSA) is 52.6 Å². The molecular formula is C17H32IN5S. The Morgan fingerprint density at radius 3 is 2.50 bits per heavy atom. The van der Waals surface area contributed by atoms with E-state index in [2.05, 4.69) is 48.2 Å². The van der Waals surface area contributed by atoms with E-state index in [9.17, 15) is 0 Å². The van der Waals surface area contributed by atoms with Crippen LogP contribution in [0, 0.1) is 13.8 Å². The molecular weight excluding hydrogens is 433 g/mol. The minimum absolute atomic E-state index is 0. The maximum atomic E-state index is 4.69. The number of nitrogens with one attached hydrogen (secondary N) is 2. The van der Waals surface area contributed by atoms with Gasteiger partial charge in [0.25, 0.3) is 0 Å². The molecule has 2 heterocycles.